The van der Waals surface area contributed by atoms with E-state index in [2.05, 4.69) is 9.97 Å². The second kappa shape index (κ2) is 4.80. The smallest absolute Gasteiger partial charge is 0.304 e. The summed E-state index contributed by atoms with van der Waals surface area (Å²) in [5.74, 6) is 0.640. The zero-order valence-electron chi connectivity index (χ0n) is 11.5. The van der Waals surface area contributed by atoms with E-state index >= 15 is 0 Å². The fourth-order valence-electron chi connectivity index (χ4n) is 2.48. The number of hydrogen-bond donors (Lipinski definition) is 0. The lowest BCUT2D eigenvalue weighted by molar-refractivity contribution is -0.0870. The summed E-state index contributed by atoms with van der Waals surface area (Å²) in [5, 5.41) is 0. The molecule has 20 heavy (non-hydrogen) atoms. The van der Waals surface area contributed by atoms with Gasteiger partial charge in [0.05, 0.1) is 0 Å². The standard InChI is InChI=1S/C12H15N3O3S2/c1-15-9(16)7-8(19-11(13-7)20(3)17)14-10(15)12(18-2)5-4-6-12/h4-6H2,1-3H3. The third-order valence-electron chi connectivity index (χ3n) is 3.83. The Kier molecular flexibility index (Phi) is 3.36. The second-order valence-electron chi connectivity index (χ2n) is 4.94. The van der Waals surface area contributed by atoms with Crippen molar-refractivity contribution < 1.29 is 9.29 Å². The maximum absolute atomic E-state index is 12.4. The van der Waals surface area contributed by atoms with E-state index in [1.165, 1.54) is 15.9 Å². The van der Waals surface area contributed by atoms with E-state index in [-0.39, 0.29) is 11.1 Å². The highest BCUT2D eigenvalue weighted by molar-refractivity contribution is 7.92. The van der Waals surface area contributed by atoms with E-state index in [1.54, 1.807) is 20.4 Å². The van der Waals surface area contributed by atoms with E-state index in [9.17, 15) is 9.35 Å². The number of nitrogens with zero attached hydrogens (tertiary/aromatic N) is 3. The molecule has 0 spiro atoms. The number of fused-ring (bicyclic) bond motifs is 1. The molecule has 1 aliphatic rings. The van der Waals surface area contributed by atoms with Gasteiger partial charge in [0.2, 0.25) is 0 Å². The zero-order chi connectivity index (χ0) is 14.5. The van der Waals surface area contributed by atoms with Crippen molar-refractivity contribution in [2.75, 3.05) is 13.4 Å². The van der Waals surface area contributed by atoms with E-state index < -0.39 is 16.8 Å². The van der Waals surface area contributed by atoms with Crippen molar-refractivity contribution in [3.63, 3.8) is 0 Å². The molecule has 3 rings (SSSR count). The average Bonchev–Trinajstić information content (AvgIpc) is 2.79. The minimum Gasteiger partial charge on any atom is -0.610 e. The molecular weight excluding hydrogens is 298 g/mol. The first-order valence-electron chi connectivity index (χ1n) is 6.25. The van der Waals surface area contributed by atoms with E-state index in [0.29, 0.717) is 15.0 Å². The molecule has 0 saturated heterocycles. The van der Waals surface area contributed by atoms with Crippen LogP contribution in [-0.4, -0.2) is 32.5 Å². The lowest BCUT2D eigenvalue weighted by Gasteiger charge is -2.40. The van der Waals surface area contributed by atoms with Gasteiger partial charge in [-0.2, -0.15) is 4.98 Å². The van der Waals surface area contributed by atoms with E-state index in [4.69, 9.17) is 4.74 Å². The molecule has 6 nitrogen and oxygen atoms in total. The number of thiazole rings is 1. The van der Waals surface area contributed by atoms with Crippen LogP contribution >= 0.6 is 11.3 Å². The topological polar surface area (TPSA) is 80.1 Å². The summed E-state index contributed by atoms with van der Waals surface area (Å²) in [6.45, 7) is 0. The quantitative estimate of drug-likeness (QED) is 0.794. The highest BCUT2D eigenvalue weighted by Gasteiger charge is 2.43. The van der Waals surface area contributed by atoms with Crippen molar-refractivity contribution in [1.29, 1.82) is 0 Å². The first-order valence-corrected chi connectivity index (χ1v) is 8.62. The fourth-order valence-corrected chi connectivity index (χ4v) is 4.07. The van der Waals surface area contributed by atoms with Gasteiger partial charge in [-0.05, 0) is 30.6 Å². The van der Waals surface area contributed by atoms with Gasteiger partial charge in [-0.15, -0.1) is 0 Å². The normalized spacial score (nSPS) is 19.0. The molecule has 0 radical (unpaired) electrons. The summed E-state index contributed by atoms with van der Waals surface area (Å²) in [5.41, 5.74) is -0.379. The van der Waals surface area contributed by atoms with Crippen molar-refractivity contribution in [2.45, 2.75) is 29.2 Å². The minimum atomic E-state index is -1.21. The molecule has 1 fully saturated rings. The predicted octanol–water partition coefficient (Wildman–Crippen LogP) is 1.15. The van der Waals surface area contributed by atoms with Crippen LogP contribution in [0.4, 0.5) is 0 Å². The molecule has 0 amide bonds. The molecule has 1 aliphatic carbocycles. The third kappa shape index (κ3) is 1.90. The molecule has 2 aromatic heterocycles. The molecule has 108 valence electrons. The van der Waals surface area contributed by atoms with E-state index in [0.717, 1.165) is 19.3 Å². The van der Waals surface area contributed by atoms with Crippen LogP contribution in [0.2, 0.25) is 0 Å². The Morgan fingerprint density at radius 3 is 2.65 bits per heavy atom. The van der Waals surface area contributed by atoms with Crippen LogP contribution in [0, 0.1) is 0 Å². The Bertz CT molecular complexity index is 713. The van der Waals surface area contributed by atoms with Crippen molar-refractivity contribution in [1.82, 2.24) is 14.5 Å². The Labute approximate surface area is 123 Å². The average molecular weight is 313 g/mol. The van der Waals surface area contributed by atoms with E-state index in [1.807, 2.05) is 0 Å². The van der Waals surface area contributed by atoms with Gasteiger partial charge >= 0.3 is 4.34 Å². The van der Waals surface area contributed by atoms with Gasteiger partial charge in [-0.1, -0.05) is 0 Å². The van der Waals surface area contributed by atoms with Crippen LogP contribution in [0.15, 0.2) is 9.13 Å². The summed E-state index contributed by atoms with van der Waals surface area (Å²) < 4.78 is 19.1. The highest BCUT2D eigenvalue weighted by Crippen LogP contribution is 2.43. The lowest BCUT2D eigenvalue weighted by atomic mass is 9.79. The summed E-state index contributed by atoms with van der Waals surface area (Å²) in [4.78, 5) is 21.6. The predicted molar refractivity (Wildman–Crippen MR) is 77.5 cm³/mol. The molecule has 2 heterocycles. The van der Waals surface area contributed by atoms with Crippen molar-refractivity contribution in [2.24, 2.45) is 7.05 Å². The number of rotatable bonds is 3. The van der Waals surface area contributed by atoms with Gasteiger partial charge in [-0.25, -0.2) is 4.98 Å². The molecule has 0 bridgehead atoms. The maximum Gasteiger partial charge on any atom is 0.304 e. The Morgan fingerprint density at radius 1 is 1.45 bits per heavy atom. The molecule has 8 heteroatoms. The largest absolute Gasteiger partial charge is 0.610 e. The van der Waals surface area contributed by atoms with Crippen LogP contribution in [0.3, 0.4) is 0 Å². The maximum atomic E-state index is 12.4. The van der Waals surface area contributed by atoms with Gasteiger partial charge in [0, 0.05) is 25.3 Å². The molecule has 0 aliphatic heterocycles. The summed E-state index contributed by atoms with van der Waals surface area (Å²) in [6, 6.07) is 0. The molecule has 0 N–H and O–H groups in total. The molecule has 1 unspecified atom stereocenters. The Morgan fingerprint density at radius 2 is 2.15 bits per heavy atom. The van der Waals surface area contributed by atoms with Crippen molar-refractivity contribution in [3.8, 4) is 0 Å². The molecule has 1 saturated carbocycles. The third-order valence-corrected chi connectivity index (χ3v) is 6.11. The van der Waals surface area contributed by atoms with Crippen LogP contribution in [0.1, 0.15) is 25.1 Å². The fraction of sp³-hybridized carbons (Fsp3) is 0.583. The van der Waals surface area contributed by atoms with Crippen molar-refractivity contribution in [3.05, 3.63) is 16.2 Å². The molecular formula is C12H15N3O3S2. The lowest BCUT2D eigenvalue weighted by Crippen LogP contribution is -2.42. The number of ether oxygens (including phenoxy) is 1. The van der Waals surface area contributed by atoms with Crippen molar-refractivity contribution >= 4 is 32.9 Å². The van der Waals surface area contributed by atoms with Gasteiger partial charge in [-0.3, -0.25) is 9.36 Å². The van der Waals surface area contributed by atoms with Gasteiger partial charge in [0.1, 0.15) is 17.7 Å². The summed E-state index contributed by atoms with van der Waals surface area (Å²) >= 11 is 0.00648. The van der Waals surface area contributed by atoms with Gasteiger partial charge in [0.15, 0.2) is 10.3 Å². The number of hydrogen-bond acceptors (Lipinski definition) is 6. The van der Waals surface area contributed by atoms with Gasteiger partial charge in [0.25, 0.3) is 5.56 Å². The Hall–Kier alpha value is -0.960. The first-order chi connectivity index (χ1) is 9.48. The monoisotopic (exact) mass is 313 g/mol. The second-order valence-corrected chi connectivity index (χ2v) is 7.47. The number of aromatic nitrogens is 3. The van der Waals surface area contributed by atoms with Gasteiger partial charge < -0.3 is 9.29 Å². The van der Waals surface area contributed by atoms with Crippen LogP contribution in [0.25, 0.3) is 10.3 Å². The first kappa shape index (κ1) is 14.0. The Balaban J connectivity index is 2.24. The van der Waals surface area contributed by atoms with Crippen LogP contribution < -0.4 is 5.56 Å². The number of methoxy groups -OCH3 is 1. The summed E-state index contributed by atoms with van der Waals surface area (Å²) in [6.07, 6.45) is 4.33. The molecule has 0 aromatic carbocycles. The van der Waals surface area contributed by atoms with Crippen LogP contribution in [-0.2, 0) is 28.6 Å². The minimum absolute atomic E-state index is 0.207. The molecule has 1 atom stereocenters. The molecule has 2 aromatic rings. The van der Waals surface area contributed by atoms with Crippen LogP contribution in [0.5, 0.6) is 0 Å². The zero-order valence-corrected chi connectivity index (χ0v) is 13.1. The SMILES string of the molecule is COC1(c2nc3sc([S+](C)[O-])nc3c(=O)n2C)CCC1. The highest BCUT2D eigenvalue weighted by atomic mass is 32.2. The summed E-state index contributed by atoms with van der Waals surface area (Å²) in [7, 11) is 3.33.